The standard InChI is InChI=1S/C21H20FN3O3/c1-14-18(24-21(28-14)15-5-3-2-4-6-15)13-20(27)25(12-11-19(23)26)17-9-7-16(22)8-10-17/h2-10H,11-13H2,1H3,(H2,23,26). The minimum absolute atomic E-state index is 0.00379. The second kappa shape index (κ2) is 8.47. The fourth-order valence-electron chi connectivity index (χ4n) is 2.78. The van der Waals surface area contributed by atoms with Gasteiger partial charge in [-0.05, 0) is 43.3 Å². The van der Waals surface area contributed by atoms with E-state index in [1.165, 1.54) is 29.2 Å². The highest BCUT2D eigenvalue weighted by Crippen LogP contribution is 2.23. The molecule has 0 aliphatic rings. The van der Waals surface area contributed by atoms with Crippen LogP contribution in [0.4, 0.5) is 10.1 Å². The second-order valence-corrected chi connectivity index (χ2v) is 6.30. The summed E-state index contributed by atoms with van der Waals surface area (Å²) in [6.45, 7) is 1.84. The number of aromatic nitrogens is 1. The van der Waals surface area contributed by atoms with Crippen molar-refractivity contribution in [3.63, 3.8) is 0 Å². The molecule has 1 heterocycles. The molecule has 0 saturated heterocycles. The van der Waals surface area contributed by atoms with Gasteiger partial charge >= 0.3 is 0 Å². The van der Waals surface area contributed by atoms with E-state index >= 15 is 0 Å². The van der Waals surface area contributed by atoms with Gasteiger partial charge in [-0.15, -0.1) is 0 Å². The van der Waals surface area contributed by atoms with Crippen LogP contribution in [0.15, 0.2) is 59.0 Å². The first-order valence-electron chi connectivity index (χ1n) is 8.80. The van der Waals surface area contributed by atoms with Gasteiger partial charge in [0.05, 0.1) is 12.1 Å². The van der Waals surface area contributed by atoms with Gasteiger partial charge in [0.1, 0.15) is 11.6 Å². The maximum absolute atomic E-state index is 13.2. The lowest BCUT2D eigenvalue weighted by Crippen LogP contribution is -2.35. The van der Waals surface area contributed by atoms with Gasteiger partial charge in [0.25, 0.3) is 0 Å². The van der Waals surface area contributed by atoms with Crippen molar-refractivity contribution in [2.45, 2.75) is 19.8 Å². The average molecular weight is 381 g/mol. The third-order valence-corrected chi connectivity index (χ3v) is 4.25. The number of carbonyl (C=O) groups is 2. The van der Waals surface area contributed by atoms with Crippen LogP contribution in [0.3, 0.4) is 0 Å². The largest absolute Gasteiger partial charge is 0.441 e. The summed E-state index contributed by atoms with van der Waals surface area (Å²) in [5.74, 6) is -0.244. The highest BCUT2D eigenvalue weighted by Gasteiger charge is 2.21. The molecule has 28 heavy (non-hydrogen) atoms. The SMILES string of the molecule is Cc1oc(-c2ccccc2)nc1CC(=O)N(CCC(N)=O)c1ccc(F)cc1. The Balaban J connectivity index is 1.82. The molecule has 0 unspecified atom stereocenters. The Labute approximate surface area is 161 Å². The zero-order valence-electron chi connectivity index (χ0n) is 15.4. The molecule has 1 aromatic heterocycles. The van der Waals surface area contributed by atoms with E-state index < -0.39 is 11.7 Å². The van der Waals surface area contributed by atoms with Crippen molar-refractivity contribution in [3.05, 3.63) is 71.9 Å². The molecule has 2 aromatic carbocycles. The molecule has 7 heteroatoms. The zero-order chi connectivity index (χ0) is 20.1. The topological polar surface area (TPSA) is 89.4 Å². The molecule has 3 aromatic rings. The van der Waals surface area contributed by atoms with Crippen molar-refractivity contribution in [3.8, 4) is 11.5 Å². The van der Waals surface area contributed by atoms with Gasteiger partial charge in [-0.3, -0.25) is 9.59 Å². The van der Waals surface area contributed by atoms with Gasteiger partial charge < -0.3 is 15.1 Å². The summed E-state index contributed by atoms with van der Waals surface area (Å²) in [5, 5.41) is 0. The van der Waals surface area contributed by atoms with Crippen molar-refractivity contribution < 1.29 is 18.4 Å². The van der Waals surface area contributed by atoms with Crippen molar-refractivity contribution in [1.82, 2.24) is 4.98 Å². The smallest absolute Gasteiger partial charge is 0.233 e. The van der Waals surface area contributed by atoms with Gasteiger partial charge in [0, 0.05) is 24.2 Å². The maximum atomic E-state index is 13.2. The maximum Gasteiger partial charge on any atom is 0.233 e. The van der Waals surface area contributed by atoms with Gasteiger partial charge in [-0.2, -0.15) is 0 Å². The summed E-state index contributed by atoms with van der Waals surface area (Å²) in [6, 6.07) is 14.9. The molecular formula is C21H20FN3O3. The van der Waals surface area contributed by atoms with E-state index in [1.807, 2.05) is 30.3 Å². The number of nitrogens with zero attached hydrogens (tertiary/aromatic N) is 2. The lowest BCUT2D eigenvalue weighted by atomic mass is 10.2. The van der Waals surface area contributed by atoms with Gasteiger partial charge in [-0.25, -0.2) is 9.37 Å². The van der Waals surface area contributed by atoms with Crippen LogP contribution in [0.2, 0.25) is 0 Å². The third kappa shape index (κ3) is 4.62. The highest BCUT2D eigenvalue weighted by atomic mass is 19.1. The van der Waals surface area contributed by atoms with Crippen LogP contribution in [-0.4, -0.2) is 23.3 Å². The Kier molecular flexibility index (Phi) is 5.84. The molecule has 0 aliphatic carbocycles. The lowest BCUT2D eigenvalue weighted by molar-refractivity contribution is -0.118. The highest BCUT2D eigenvalue weighted by molar-refractivity contribution is 5.95. The molecule has 144 valence electrons. The third-order valence-electron chi connectivity index (χ3n) is 4.25. The minimum Gasteiger partial charge on any atom is -0.441 e. The first-order valence-corrected chi connectivity index (χ1v) is 8.80. The van der Waals surface area contributed by atoms with E-state index in [-0.39, 0.29) is 25.3 Å². The number of hydrogen-bond donors (Lipinski definition) is 1. The molecule has 0 bridgehead atoms. The monoisotopic (exact) mass is 381 g/mol. The number of rotatable bonds is 7. The Morgan fingerprint density at radius 2 is 1.79 bits per heavy atom. The summed E-state index contributed by atoms with van der Waals surface area (Å²) in [5.41, 5.74) is 7.03. The first-order chi connectivity index (χ1) is 13.4. The van der Waals surface area contributed by atoms with Crippen LogP contribution in [0, 0.1) is 12.7 Å². The van der Waals surface area contributed by atoms with Crippen molar-refractivity contribution >= 4 is 17.5 Å². The number of amides is 2. The van der Waals surface area contributed by atoms with Crippen LogP contribution in [0.25, 0.3) is 11.5 Å². The molecule has 3 rings (SSSR count). The van der Waals surface area contributed by atoms with E-state index in [0.717, 1.165) is 5.56 Å². The van der Waals surface area contributed by atoms with E-state index in [4.69, 9.17) is 10.2 Å². The summed E-state index contributed by atoms with van der Waals surface area (Å²) >= 11 is 0. The van der Waals surface area contributed by atoms with E-state index in [9.17, 15) is 14.0 Å². The Morgan fingerprint density at radius 3 is 2.43 bits per heavy atom. The minimum atomic E-state index is -0.524. The van der Waals surface area contributed by atoms with E-state index in [0.29, 0.717) is 23.0 Å². The fraction of sp³-hybridized carbons (Fsp3) is 0.190. The summed E-state index contributed by atoms with van der Waals surface area (Å²) in [6.07, 6.45) is -0.0194. The predicted octanol–water partition coefficient (Wildman–Crippen LogP) is 3.24. The van der Waals surface area contributed by atoms with Crippen molar-refractivity contribution in [2.75, 3.05) is 11.4 Å². The van der Waals surface area contributed by atoms with Gasteiger partial charge in [0.15, 0.2) is 0 Å². The van der Waals surface area contributed by atoms with Crippen LogP contribution in [-0.2, 0) is 16.0 Å². The molecule has 0 aliphatic heterocycles. The van der Waals surface area contributed by atoms with Crippen molar-refractivity contribution in [2.24, 2.45) is 5.73 Å². The predicted molar refractivity (Wildman–Crippen MR) is 103 cm³/mol. The lowest BCUT2D eigenvalue weighted by Gasteiger charge is -2.22. The number of carbonyl (C=O) groups excluding carboxylic acids is 2. The number of aryl methyl sites for hydroxylation is 1. The van der Waals surface area contributed by atoms with E-state index in [2.05, 4.69) is 4.98 Å². The molecule has 2 N–H and O–H groups in total. The molecule has 0 fully saturated rings. The van der Waals surface area contributed by atoms with Gasteiger partial charge in [-0.1, -0.05) is 18.2 Å². The number of oxazole rings is 1. The number of halogens is 1. The molecule has 0 atom stereocenters. The molecular weight excluding hydrogens is 361 g/mol. The molecule has 0 saturated carbocycles. The number of benzene rings is 2. The van der Waals surface area contributed by atoms with Crippen molar-refractivity contribution in [1.29, 1.82) is 0 Å². The zero-order valence-corrected chi connectivity index (χ0v) is 15.4. The number of primary amides is 1. The van der Waals surface area contributed by atoms with Gasteiger partial charge in [0.2, 0.25) is 17.7 Å². The first kappa shape index (κ1) is 19.3. The quantitative estimate of drug-likeness (QED) is 0.680. The molecule has 2 amide bonds. The summed E-state index contributed by atoms with van der Waals surface area (Å²) in [4.78, 5) is 29.9. The molecule has 0 spiro atoms. The second-order valence-electron chi connectivity index (χ2n) is 6.30. The van der Waals surface area contributed by atoms with Crippen LogP contribution in [0.1, 0.15) is 17.9 Å². The van der Waals surface area contributed by atoms with Crippen LogP contribution >= 0.6 is 0 Å². The number of nitrogens with two attached hydrogens (primary N) is 1. The molecule has 0 radical (unpaired) electrons. The Bertz CT molecular complexity index is 968. The molecule has 6 nitrogen and oxygen atoms in total. The van der Waals surface area contributed by atoms with Crippen LogP contribution in [0.5, 0.6) is 0 Å². The summed E-state index contributed by atoms with van der Waals surface area (Å²) in [7, 11) is 0. The fourth-order valence-corrected chi connectivity index (χ4v) is 2.78. The Morgan fingerprint density at radius 1 is 1.11 bits per heavy atom. The normalized spacial score (nSPS) is 10.6. The number of anilines is 1. The number of hydrogen-bond acceptors (Lipinski definition) is 4. The summed E-state index contributed by atoms with van der Waals surface area (Å²) < 4.78 is 18.9. The Hall–Kier alpha value is -3.48. The van der Waals surface area contributed by atoms with Crippen LogP contribution < -0.4 is 10.6 Å². The van der Waals surface area contributed by atoms with E-state index in [1.54, 1.807) is 6.92 Å². The average Bonchev–Trinajstić information content (AvgIpc) is 3.04.